The van der Waals surface area contributed by atoms with Crippen molar-refractivity contribution < 1.29 is 17.7 Å². The van der Waals surface area contributed by atoms with Crippen molar-refractivity contribution in [2.75, 3.05) is 6.61 Å². The van der Waals surface area contributed by atoms with Crippen LogP contribution < -0.4 is 0 Å². The molecule has 0 spiro atoms. The number of rotatable bonds is 5. The van der Waals surface area contributed by atoms with Crippen LogP contribution in [0.25, 0.3) is 0 Å². The van der Waals surface area contributed by atoms with Crippen LogP contribution in [0.15, 0.2) is 0 Å². The van der Waals surface area contributed by atoms with Crippen molar-refractivity contribution in [2.45, 2.75) is 12.8 Å². The topological polar surface area (TPSA) is 63.6 Å². The van der Waals surface area contributed by atoms with Crippen LogP contribution in [0.1, 0.15) is 12.8 Å². The van der Waals surface area contributed by atoms with Crippen molar-refractivity contribution in [3.63, 3.8) is 0 Å². The first-order chi connectivity index (χ1) is 4.27. The molecule has 0 saturated carbocycles. The van der Waals surface area contributed by atoms with Gasteiger partial charge in [-0.1, -0.05) is 0 Å². The van der Waals surface area contributed by atoms with Crippen LogP contribution in [-0.2, 0) is 20.3 Å². The fourth-order valence-electron chi connectivity index (χ4n) is 0.297. The average molecular weight is 152 g/mol. The maximum absolute atomic E-state index is 9.76. The second-order valence-electron chi connectivity index (χ2n) is 1.35. The number of hydrogen-bond donors (Lipinski definition) is 1. The molecule has 5 heteroatoms. The highest BCUT2D eigenvalue weighted by atomic mass is 32.2. The Morgan fingerprint density at radius 1 is 1.67 bits per heavy atom. The molecule has 0 radical (unpaired) electrons. The van der Waals surface area contributed by atoms with E-state index in [0.717, 1.165) is 6.29 Å². The van der Waals surface area contributed by atoms with E-state index in [1.54, 1.807) is 0 Å². The van der Waals surface area contributed by atoms with Crippen LogP contribution in [0, 0.1) is 0 Å². The molecule has 0 saturated heterocycles. The zero-order valence-corrected chi connectivity index (χ0v) is 5.60. The number of carbonyl (C=O) groups excluding carboxylic acids is 1. The lowest BCUT2D eigenvalue weighted by molar-refractivity contribution is -0.108. The van der Waals surface area contributed by atoms with Crippen LogP contribution in [0.3, 0.4) is 0 Å². The fourth-order valence-corrected chi connectivity index (χ4v) is 0.557. The van der Waals surface area contributed by atoms with Gasteiger partial charge in [0.25, 0.3) is 0 Å². The molecular formula is C4H8O4S. The van der Waals surface area contributed by atoms with Crippen LogP contribution in [0.2, 0.25) is 0 Å². The van der Waals surface area contributed by atoms with Crippen LogP contribution in [0.5, 0.6) is 0 Å². The first-order valence-corrected chi connectivity index (χ1v) is 3.48. The van der Waals surface area contributed by atoms with E-state index in [2.05, 4.69) is 4.18 Å². The van der Waals surface area contributed by atoms with Gasteiger partial charge in [0.05, 0.1) is 6.61 Å². The zero-order valence-electron chi connectivity index (χ0n) is 4.78. The summed E-state index contributed by atoms with van der Waals surface area (Å²) < 4.78 is 22.0. The van der Waals surface area contributed by atoms with Crippen molar-refractivity contribution in [1.82, 2.24) is 0 Å². The molecule has 1 unspecified atom stereocenters. The predicted octanol–water partition coefficient (Wildman–Crippen LogP) is 0.119. The van der Waals surface area contributed by atoms with Crippen LogP contribution in [-0.4, -0.2) is 21.7 Å². The largest absolute Gasteiger partial charge is 0.303 e. The maximum Gasteiger partial charge on any atom is 0.301 e. The minimum absolute atomic E-state index is 0.155. The maximum atomic E-state index is 9.76. The normalized spacial score (nSPS) is 13.0. The van der Waals surface area contributed by atoms with Crippen molar-refractivity contribution in [3.8, 4) is 0 Å². The molecule has 1 atom stereocenters. The smallest absolute Gasteiger partial charge is 0.301 e. The van der Waals surface area contributed by atoms with Gasteiger partial charge >= 0.3 is 11.4 Å². The van der Waals surface area contributed by atoms with Gasteiger partial charge in [0.15, 0.2) is 0 Å². The van der Waals surface area contributed by atoms with Gasteiger partial charge in [-0.05, 0) is 6.42 Å². The SMILES string of the molecule is O=CCCCOS(=O)O. The van der Waals surface area contributed by atoms with Gasteiger partial charge in [0.1, 0.15) is 6.29 Å². The van der Waals surface area contributed by atoms with E-state index in [-0.39, 0.29) is 6.61 Å². The third-order valence-electron chi connectivity index (χ3n) is 0.650. The number of hydrogen-bond acceptors (Lipinski definition) is 3. The number of carbonyl (C=O) groups is 1. The minimum Gasteiger partial charge on any atom is -0.303 e. The Balaban J connectivity index is 2.91. The Hall–Kier alpha value is -0.260. The molecule has 0 amide bonds. The summed E-state index contributed by atoms with van der Waals surface area (Å²) >= 11 is -2.18. The summed E-state index contributed by atoms with van der Waals surface area (Å²) in [6, 6.07) is 0. The fraction of sp³-hybridized carbons (Fsp3) is 0.750. The summed E-state index contributed by atoms with van der Waals surface area (Å²) in [7, 11) is 0. The third-order valence-corrected chi connectivity index (χ3v) is 1.02. The zero-order chi connectivity index (χ0) is 7.11. The second kappa shape index (κ2) is 5.87. The van der Waals surface area contributed by atoms with Gasteiger partial charge in [-0.3, -0.25) is 8.74 Å². The Labute approximate surface area is 55.7 Å². The van der Waals surface area contributed by atoms with Gasteiger partial charge in [0, 0.05) is 6.42 Å². The van der Waals surface area contributed by atoms with E-state index < -0.39 is 11.4 Å². The van der Waals surface area contributed by atoms with Gasteiger partial charge in [-0.25, -0.2) is 0 Å². The van der Waals surface area contributed by atoms with Crippen molar-refractivity contribution in [3.05, 3.63) is 0 Å². The monoisotopic (exact) mass is 152 g/mol. The summed E-state index contributed by atoms with van der Waals surface area (Å²) in [5.74, 6) is 0. The number of unbranched alkanes of at least 4 members (excludes halogenated alkanes) is 1. The first kappa shape index (κ1) is 8.74. The van der Waals surface area contributed by atoms with Crippen molar-refractivity contribution in [1.29, 1.82) is 0 Å². The number of aldehydes is 1. The molecule has 0 aliphatic rings. The lowest BCUT2D eigenvalue weighted by Crippen LogP contribution is -1.97. The summed E-state index contributed by atoms with van der Waals surface area (Å²) in [6.07, 6.45) is 1.61. The Bertz CT molecular complexity index is 103. The standard InChI is InChI=1S/C4H8O4S/c5-3-1-2-4-8-9(6)7/h3H,1-2,4H2,(H,6,7). The molecule has 0 fully saturated rings. The molecule has 1 N–H and O–H groups in total. The van der Waals surface area contributed by atoms with Crippen molar-refractivity contribution >= 4 is 17.6 Å². The lowest BCUT2D eigenvalue weighted by Gasteiger charge is -1.92. The van der Waals surface area contributed by atoms with Gasteiger partial charge in [-0.15, -0.1) is 0 Å². The molecule has 4 nitrogen and oxygen atoms in total. The highest BCUT2D eigenvalue weighted by molar-refractivity contribution is 7.74. The molecule has 9 heavy (non-hydrogen) atoms. The highest BCUT2D eigenvalue weighted by Gasteiger charge is 1.90. The van der Waals surface area contributed by atoms with E-state index in [1.165, 1.54) is 0 Å². The highest BCUT2D eigenvalue weighted by Crippen LogP contribution is 1.87. The lowest BCUT2D eigenvalue weighted by atomic mass is 10.4. The Morgan fingerprint density at radius 2 is 2.33 bits per heavy atom. The summed E-state index contributed by atoms with van der Waals surface area (Å²) in [5, 5.41) is 0. The molecule has 54 valence electrons. The quantitative estimate of drug-likeness (QED) is 0.345. The molecule has 0 heterocycles. The van der Waals surface area contributed by atoms with Crippen molar-refractivity contribution in [2.24, 2.45) is 0 Å². The molecule has 0 aliphatic heterocycles. The van der Waals surface area contributed by atoms with Crippen LogP contribution >= 0.6 is 0 Å². The molecular weight excluding hydrogens is 144 g/mol. The Morgan fingerprint density at radius 3 is 2.78 bits per heavy atom. The average Bonchev–Trinajstić information content (AvgIpc) is 1.80. The molecule has 0 aliphatic carbocycles. The second-order valence-corrected chi connectivity index (χ2v) is 2.02. The molecule has 0 aromatic heterocycles. The summed E-state index contributed by atoms with van der Waals surface area (Å²) in [5.41, 5.74) is 0. The van der Waals surface area contributed by atoms with E-state index >= 15 is 0 Å². The Kier molecular flexibility index (Phi) is 5.70. The molecule has 0 aromatic carbocycles. The van der Waals surface area contributed by atoms with Gasteiger partial charge in [0.2, 0.25) is 0 Å². The molecule has 0 aromatic rings. The van der Waals surface area contributed by atoms with Crippen LogP contribution in [0.4, 0.5) is 0 Å². The molecule has 0 bridgehead atoms. The van der Waals surface area contributed by atoms with E-state index in [9.17, 15) is 9.00 Å². The third kappa shape index (κ3) is 7.74. The van der Waals surface area contributed by atoms with Gasteiger partial charge < -0.3 is 4.79 Å². The summed E-state index contributed by atoms with van der Waals surface area (Å²) in [6.45, 7) is 0.155. The predicted molar refractivity (Wildman–Crippen MR) is 32.0 cm³/mol. The minimum atomic E-state index is -2.18. The van der Waals surface area contributed by atoms with E-state index in [0.29, 0.717) is 12.8 Å². The summed E-state index contributed by atoms with van der Waals surface area (Å²) in [4.78, 5) is 9.66. The molecule has 0 rings (SSSR count). The first-order valence-electron chi connectivity index (χ1n) is 2.45. The van der Waals surface area contributed by atoms with E-state index in [4.69, 9.17) is 4.55 Å². The van der Waals surface area contributed by atoms with E-state index in [1.807, 2.05) is 0 Å². The van der Waals surface area contributed by atoms with Gasteiger partial charge in [-0.2, -0.15) is 4.21 Å².